The number of rotatable bonds is 5. The van der Waals surface area contributed by atoms with E-state index in [1.807, 2.05) is 12.3 Å². The number of nitrogens with zero attached hydrogens (tertiary/aromatic N) is 4. The van der Waals surface area contributed by atoms with E-state index in [0.29, 0.717) is 0 Å². The van der Waals surface area contributed by atoms with Gasteiger partial charge in [0.05, 0.1) is 29.8 Å². The second-order valence-electron chi connectivity index (χ2n) is 9.08. The van der Waals surface area contributed by atoms with Gasteiger partial charge in [-0.25, -0.2) is 4.98 Å². The summed E-state index contributed by atoms with van der Waals surface area (Å²) >= 11 is 1.80. The molecule has 0 bridgehead atoms. The highest BCUT2D eigenvalue weighted by atomic mass is 32.1. The minimum atomic E-state index is 0.188. The van der Waals surface area contributed by atoms with E-state index < -0.39 is 0 Å². The number of hydrogen-bond acceptors (Lipinski definition) is 6. The van der Waals surface area contributed by atoms with E-state index in [2.05, 4.69) is 73.2 Å². The maximum atomic E-state index is 5.37. The molecule has 0 amide bonds. The van der Waals surface area contributed by atoms with Gasteiger partial charge in [-0.3, -0.25) is 15.1 Å². The number of allylic oxidation sites excluding steroid dienone is 4. The summed E-state index contributed by atoms with van der Waals surface area (Å²) in [4.78, 5) is 8.77. The van der Waals surface area contributed by atoms with E-state index in [-0.39, 0.29) is 6.04 Å². The monoisotopic (exact) mass is 480 g/mol. The highest BCUT2D eigenvalue weighted by molar-refractivity contribution is 7.09. The molecule has 2 aliphatic heterocycles. The molecule has 4 aromatic rings. The van der Waals surface area contributed by atoms with E-state index in [0.717, 1.165) is 66.2 Å². The molecule has 0 saturated carbocycles. The molecule has 3 aromatic heterocycles. The van der Waals surface area contributed by atoms with E-state index in [9.17, 15) is 0 Å². The van der Waals surface area contributed by atoms with E-state index in [4.69, 9.17) is 9.72 Å². The summed E-state index contributed by atoms with van der Waals surface area (Å²) in [5, 5.41) is 19.0. The lowest BCUT2D eigenvalue weighted by atomic mass is 10.0. The maximum absolute atomic E-state index is 5.37. The Hall–Kier alpha value is -3.75. The number of aromatic amines is 2. The zero-order valence-corrected chi connectivity index (χ0v) is 19.9. The molecule has 0 radical (unpaired) electrons. The summed E-state index contributed by atoms with van der Waals surface area (Å²) < 4.78 is 5.37. The Kier molecular flexibility index (Phi) is 4.99. The Morgan fingerprint density at radius 1 is 1.11 bits per heavy atom. The molecule has 8 heteroatoms. The number of benzene rings is 1. The standard InChI is InChI=1S/C27H24N6OS/c1-2-11-33(15-19-4-3-13-35-19)24(5-1)27-28-26(31-32-27)17-7-9-23-22(14-17)25(30-29-23)21-8-6-18-16-34-12-10-20(18)21/h1-4,7,9-10,12-14,16,24H,5-6,8,11,15H2,(H,29,30)(H,28,31,32)/t24-/m1/s1. The topological polar surface area (TPSA) is 82.7 Å². The van der Waals surface area contributed by atoms with Crippen LogP contribution in [-0.2, 0) is 11.3 Å². The van der Waals surface area contributed by atoms with Gasteiger partial charge < -0.3 is 4.74 Å². The van der Waals surface area contributed by atoms with Crippen LogP contribution in [0.4, 0.5) is 0 Å². The first kappa shape index (κ1) is 20.6. The van der Waals surface area contributed by atoms with Gasteiger partial charge in [0.1, 0.15) is 5.82 Å². The van der Waals surface area contributed by atoms with Crippen molar-refractivity contribution in [2.24, 2.45) is 0 Å². The molecular weight excluding hydrogens is 456 g/mol. The van der Waals surface area contributed by atoms with Gasteiger partial charge in [0.25, 0.3) is 0 Å². The summed E-state index contributed by atoms with van der Waals surface area (Å²) in [5.41, 5.74) is 6.73. The third kappa shape index (κ3) is 3.66. The summed E-state index contributed by atoms with van der Waals surface area (Å²) in [7, 11) is 0. The molecule has 3 aliphatic rings. The SMILES string of the molecule is C1=CCN(Cc2cccs2)[C@@H](c2nc(-c3ccc4[nH]nc(C5=C6C=COC=C6CC5)c4c3)n[nH]2)C1. The van der Waals surface area contributed by atoms with Gasteiger partial charge in [0, 0.05) is 28.9 Å². The zero-order chi connectivity index (χ0) is 23.2. The van der Waals surface area contributed by atoms with Crippen molar-refractivity contribution in [3.8, 4) is 11.4 Å². The van der Waals surface area contributed by atoms with Crippen LogP contribution in [0.1, 0.15) is 41.7 Å². The molecule has 7 nitrogen and oxygen atoms in total. The Bertz CT molecular complexity index is 1520. The van der Waals surface area contributed by atoms with Crippen molar-refractivity contribution in [2.75, 3.05) is 6.54 Å². The van der Waals surface area contributed by atoms with Crippen LogP contribution in [0.2, 0.25) is 0 Å². The van der Waals surface area contributed by atoms with Crippen LogP contribution in [0.5, 0.6) is 0 Å². The van der Waals surface area contributed by atoms with Crippen molar-refractivity contribution < 1.29 is 4.74 Å². The van der Waals surface area contributed by atoms with E-state index in [1.54, 1.807) is 17.6 Å². The van der Waals surface area contributed by atoms with Crippen molar-refractivity contribution >= 4 is 27.8 Å². The van der Waals surface area contributed by atoms with Crippen molar-refractivity contribution in [2.45, 2.75) is 31.8 Å². The lowest BCUT2D eigenvalue weighted by Gasteiger charge is -2.30. The fourth-order valence-electron chi connectivity index (χ4n) is 5.24. The fraction of sp³-hybridized carbons (Fsp3) is 0.222. The minimum absolute atomic E-state index is 0.188. The van der Waals surface area contributed by atoms with Crippen LogP contribution >= 0.6 is 11.3 Å². The predicted molar refractivity (Wildman–Crippen MR) is 137 cm³/mol. The smallest absolute Gasteiger partial charge is 0.181 e. The molecule has 1 aromatic carbocycles. The molecule has 7 rings (SSSR count). The number of nitrogens with one attached hydrogen (secondary N) is 2. The van der Waals surface area contributed by atoms with Crippen molar-refractivity contribution in [3.63, 3.8) is 0 Å². The van der Waals surface area contributed by atoms with Gasteiger partial charge >= 0.3 is 0 Å². The second kappa shape index (κ2) is 8.48. The van der Waals surface area contributed by atoms with Crippen LogP contribution < -0.4 is 0 Å². The van der Waals surface area contributed by atoms with Gasteiger partial charge in [-0.05, 0) is 71.7 Å². The molecule has 1 aliphatic carbocycles. The fourth-order valence-corrected chi connectivity index (χ4v) is 5.97. The molecule has 35 heavy (non-hydrogen) atoms. The molecule has 2 N–H and O–H groups in total. The zero-order valence-electron chi connectivity index (χ0n) is 19.1. The first-order valence-electron chi connectivity index (χ1n) is 11.9. The first-order chi connectivity index (χ1) is 17.3. The number of H-pyrrole nitrogens is 2. The average Bonchev–Trinajstić information content (AvgIpc) is 3.70. The van der Waals surface area contributed by atoms with Crippen molar-refractivity contribution in [3.05, 3.63) is 94.0 Å². The highest BCUT2D eigenvalue weighted by Crippen LogP contribution is 2.41. The Morgan fingerprint density at radius 3 is 3.06 bits per heavy atom. The van der Waals surface area contributed by atoms with Gasteiger partial charge in [0.2, 0.25) is 0 Å². The normalized spacial score (nSPS) is 19.9. The van der Waals surface area contributed by atoms with Crippen LogP contribution in [0, 0.1) is 0 Å². The molecule has 0 saturated heterocycles. The number of fused-ring (bicyclic) bond motifs is 2. The van der Waals surface area contributed by atoms with Crippen LogP contribution in [0.15, 0.2) is 77.6 Å². The van der Waals surface area contributed by atoms with E-state index >= 15 is 0 Å². The number of hydrogen-bond donors (Lipinski definition) is 2. The van der Waals surface area contributed by atoms with Crippen molar-refractivity contribution in [1.29, 1.82) is 0 Å². The molecule has 5 heterocycles. The van der Waals surface area contributed by atoms with Gasteiger partial charge in [-0.15, -0.1) is 11.3 Å². The Morgan fingerprint density at radius 2 is 2.11 bits per heavy atom. The number of aromatic nitrogens is 5. The molecule has 0 spiro atoms. The minimum Gasteiger partial charge on any atom is -0.472 e. The molecule has 0 fully saturated rings. The van der Waals surface area contributed by atoms with Gasteiger partial charge in [-0.2, -0.15) is 10.2 Å². The summed E-state index contributed by atoms with van der Waals surface area (Å²) in [6, 6.07) is 10.8. The third-order valence-electron chi connectivity index (χ3n) is 7.01. The van der Waals surface area contributed by atoms with E-state index in [1.165, 1.54) is 21.6 Å². The van der Waals surface area contributed by atoms with Gasteiger partial charge in [-0.1, -0.05) is 18.2 Å². The molecular formula is C27H24N6OS. The maximum Gasteiger partial charge on any atom is 0.181 e. The Balaban J connectivity index is 1.21. The Labute approximate surface area is 206 Å². The highest BCUT2D eigenvalue weighted by Gasteiger charge is 2.27. The summed E-state index contributed by atoms with van der Waals surface area (Å²) in [6.07, 6.45) is 13.0. The second-order valence-corrected chi connectivity index (χ2v) is 10.1. The largest absolute Gasteiger partial charge is 0.472 e. The van der Waals surface area contributed by atoms with Crippen LogP contribution in [0.3, 0.4) is 0 Å². The quantitative estimate of drug-likeness (QED) is 0.348. The lowest BCUT2D eigenvalue weighted by molar-refractivity contribution is 0.195. The van der Waals surface area contributed by atoms with Crippen LogP contribution in [-0.4, -0.2) is 36.8 Å². The summed E-state index contributed by atoms with van der Waals surface area (Å²) in [5.74, 6) is 1.63. The number of thiophene rings is 1. The average molecular weight is 481 g/mol. The predicted octanol–water partition coefficient (Wildman–Crippen LogP) is 5.89. The third-order valence-corrected chi connectivity index (χ3v) is 7.87. The van der Waals surface area contributed by atoms with Crippen molar-refractivity contribution in [1.82, 2.24) is 30.3 Å². The lowest BCUT2D eigenvalue weighted by Crippen LogP contribution is -2.31. The summed E-state index contributed by atoms with van der Waals surface area (Å²) in [6.45, 7) is 1.83. The molecule has 0 unspecified atom stereocenters. The molecule has 1 atom stereocenters. The van der Waals surface area contributed by atoms with Gasteiger partial charge in [0.15, 0.2) is 5.82 Å². The first-order valence-corrected chi connectivity index (χ1v) is 12.8. The molecule has 174 valence electrons. The van der Waals surface area contributed by atoms with Crippen LogP contribution in [0.25, 0.3) is 27.9 Å². The number of ether oxygens (including phenoxy) is 1.